The van der Waals surface area contributed by atoms with Gasteiger partial charge in [-0.1, -0.05) is 6.07 Å². The minimum absolute atomic E-state index is 0.240. The van der Waals surface area contributed by atoms with Crippen LogP contribution in [0.5, 0.6) is 0 Å². The van der Waals surface area contributed by atoms with Crippen LogP contribution < -0.4 is 16.4 Å². The first kappa shape index (κ1) is 17.6. The largest absolute Gasteiger partial charge is 0.393 e. The van der Waals surface area contributed by atoms with E-state index in [0.717, 1.165) is 34.4 Å². The molecule has 0 saturated heterocycles. The molecular weight excluding hydrogens is 362 g/mol. The van der Waals surface area contributed by atoms with E-state index in [1.807, 2.05) is 37.3 Å². The molecule has 4 rings (SSSR count). The van der Waals surface area contributed by atoms with Gasteiger partial charge in [-0.2, -0.15) is 0 Å². The highest BCUT2D eigenvalue weighted by molar-refractivity contribution is 5.94. The maximum atomic E-state index is 13.4. The average molecular weight is 378 g/mol. The molecular formula is C20H16F2N6. The highest BCUT2D eigenvalue weighted by Gasteiger charge is 2.11. The Bertz CT molecular complexity index is 1180. The number of nitrogen functional groups attached to an aromatic ring is 1. The van der Waals surface area contributed by atoms with Gasteiger partial charge in [0.25, 0.3) is 0 Å². The summed E-state index contributed by atoms with van der Waals surface area (Å²) in [6, 6.07) is 13.0. The van der Waals surface area contributed by atoms with E-state index in [4.69, 9.17) is 5.73 Å². The molecule has 0 aliphatic heterocycles. The van der Waals surface area contributed by atoms with Crippen LogP contribution in [0.4, 0.5) is 37.5 Å². The van der Waals surface area contributed by atoms with E-state index in [2.05, 4.69) is 25.6 Å². The number of nitrogens with zero attached hydrogens (tertiary/aromatic N) is 3. The third-order valence-corrected chi connectivity index (χ3v) is 4.19. The molecule has 0 spiro atoms. The number of aryl methyl sites for hydroxylation is 1. The summed E-state index contributed by atoms with van der Waals surface area (Å²) in [5.74, 6) is -1.23. The van der Waals surface area contributed by atoms with Crippen molar-refractivity contribution in [1.82, 2.24) is 15.0 Å². The lowest BCUT2D eigenvalue weighted by molar-refractivity contribution is 0.509. The number of aromatic nitrogens is 3. The number of rotatable bonds is 4. The first-order chi connectivity index (χ1) is 13.5. The van der Waals surface area contributed by atoms with Crippen LogP contribution in [-0.4, -0.2) is 15.0 Å². The maximum absolute atomic E-state index is 13.4. The average Bonchev–Trinajstić information content (AvgIpc) is 2.68. The summed E-state index contributed by atoms with van der Waals surface area (Å²) in [5.41, 5.74) is 9.29. The van der Waals surface area contributed by atoms with Gasteiger partial charge >= 0.3 is 0 Å². The topological polar surface area (TPSA) is 88.8 Å². The third-order valence-electron chi connectivity index (χ3n) is 4.19. The number of nitrogens with two attached hydrogens (primary N) is 1. The molecule has 28 heavy (non-hydrogen) atoms. The predicted molar refractivity (Wildman–Crippen MR) is 106 cm³/mol. The first-order valence-electron chi connectivity index (χ1n) is 8.47. The third kappa shape index (κ3) is 3.39. The second-order valence-electron chi connectivity index (χ2n) is 6.19. The summed E-state index contributed by atoms with van der Waals surface area (Å²) in [7, 11) is 0. The second kappa shape index (κ2) is 7.07. The van der Waals surface area contributed by atoms with Gasteiger partial charge in [-0.25, -0.2) is 18.7 Å². The van der Waals surface area contributed by atoms with Crippen molar-refractivity contribution in [2.45, 2.75) is 6.92 Å². The molecule has 4 N–H and O–H groups in total. The summed E-state index contributed by atoms with van der Waals surface area (Å²) in [6.45, 7) is 1.93. The fraction of sp³-hybridized carbons (Fsp3) is 0.0500. The number of fused-ring (bicyclic) bond motifs is 1. The van der Waals surface area contributed by atoms with Crippen LogP contribution in [0.1, 0.15) is 5.69 Å². The lowest BCUT2D eigenvalue weighted by Gasteiger charge is -2.14. The molecule has 0 aliphatic carbocycles. The highest BCUT2D eigenvalue weighted by atomic mass is 19.2. The van der Waals surface area contributed by atoms with Gasteiger partial charge in [-0.3, -0.25) is 4.98 Å². The molecule has 0 amide bonds. The molecule has 0 atom stereocenters. The van der Waals surface area contributed by atoms with Crippen LogP contribution in [0.2, 0.25) is 0 Å². The highest BCUT2D eigenvalue weighted by Crippen LogP contribution is 2.31. The molecule has 0 unspecified atom stereocenters. The zero-order valence-electron chi connectivity index (χ0n) is 14.9. The Labute approximate surface area is 159 Å². The second-order valence-corrected chi connectivity index (χ2v) is 6.19. The van der Waals surface area contributed by atoms with Crippen molar-refractivity contribution in [3.05, 3.63) is 72.2 Å². The molecule has 0 radical (unpaired) electrons. The van der Waals surface area contributed by atoms with E-state index in [1.165, 1.54) is 12.4 Å². The molecule has 0 aliphatic rings. The molecule has 2 aromatic carbocycles. The Morgan fingerprint density at radius 1 is 0.893 bits per heavy atom. The van der Waals surface area contributed by atoms with Crippen LogP contribution in [0.3, 0.4) is 0 Å². The standard InChI is InChI=1S/C20H16F2N6/c1-11-5-7-13-16(26-11)3-2-4-17(13)28-20-18(23)19(24-10-25-20)27-12-6-8-14(21)15(22)9-12/h2-10H,23H2,1H3,(H2,24,25,27,28). The van der Waals surface area contributed by atoms with Crippen LogP contribution >= 0.6 is 0 Å². The molecule has 4 aromatic rings. The van der Waals surface area contributed by atoms with Crippen LogP contribution in [-0.2, 0) is 0 Å². The first-order valence-corrected chi connectivity index (χ1v) is 8.47. The van der Waals surface area contributed by atoms with E-state index >= 15 is 0 Å². The van der Waals surface area contributed by atoms with Crippen molar-refractivity contribution in [1.29, 1.82) is 0 Å². The Balaban J connectivity index is 1.66. The van der Waals surface area contributed by atoms with Gasteiger partial charge in [0.15, 0.2) is 23.3 Å². The van der Waals surface area contributed by atoms with Crippen molar-refractivity contribution < 1.29 is 8.78 Å². The molecule has 0 fully saturated rings. The van der Waals surface area contributed by atoms with Crippen molar-refractivity contribution in [2.75, 3.05) is 16.4 Å². The van der Waals surface area contributed by atoms with Crippen molar-refractivity contribution in [2.24, 2.45) is 0 Å². The summed E-state index contributed by atoms with van der Waals surface area (Å²) in [5, 5.41) is 6.98. The number of halogens is 2. The van der Waals surface area contributed by atoms with Gasteiger partial charge < -0.3 is 16.4 Å². The maximum Gasteiger partial charge on any atom is 0.160 e. The Hall–Kier alpha value is -3.81. The van der Waals surface area contributed by atoms with Crippen LogP contribution in [0.25, 0.3) is 10.9 Å². The zero-order valence-corrected chi connectivity index (χ0v) is 14.9. The van der Waals surface area contributed by atoms with Crippen molar-refractivity contribution in [3.63, 3.8) is 0 Å². The fourth-order valence-corrected chi connectivity index (χ4v) is 2.80. The lowest BCUT2D eigenvalue weighted by atomic mass is 10.1. The number of hydrogen-bond donors (Lipinski definition) is 3. The summed E-state index contributed by atoms with van der Waals surface area (Å²) in [6.07, 6.45) is 1.33. The van der Waals surface area contributed by atoms with Crippen molar-refractivity contribution >= 4 is 39.6 Å². The number of anilines is 5. The minimum atomic E-state index is -0.963. The number of pyridine rings is 1. The van der Waals surface area contributed by atoms with Gasteiger partial charge in [-0.15, -0.1) is 0 Å². The van der Waals surface area contributed by atoms with Gasteiger partial charge in [0.1, 0.15) is 12.0 Å². The lowest BCUT2D eigenvalue weighted by Crippen LogP contribution is -2.05. The van der Waals surface area contributed by atoms with Gasteiger partial charge in [-0.05, 0) is 43.3 Å². The number of benzene rings is 2. The molecule has 2 heterocycles. The molecule has 2 aromatic heterocycles. The Kier molecular flexibility index (Phi) is 4.44. The van der Waals surface area contributed by atoms with E-state index in [9.17, 15) is 8.78 Å². The summed E-state index contributed by atoms with van der Waals surface area (Å²) in [4.78, 5) is 12.8. The van der Waals surface area contributed by atoms with Crippen molar-refractivity contribution in [3.8, 4) is 0 Å². The summed E-state index contributed by atoms with van der Waals surface area (Å²) >= 11 is 0. The fourth-order valence-electron chi connectivity index (χ4n) is 2.80. The smallest absolute Gasteiger partial charge is 0.160 e. The van der Waals surface area contributed by atoms with Crippen LogP contribution in [0.15, 0.2) is 54.9 Å². The minimum Gasteiger partial charge on any atom is -0.393 e. The van der Waals surface area contributed by atoms with Crippen LogP contribution in [0, 0.1) is 18.6 Å². The summed E-state index contributed by atoms with van der Waals surface area (Å²) < 4.78 is 26.5. The van der Waals surface area contributed by atoms with E-state index < -0.39 is 11.6 Å². The van der Waals surface area contributed by atoms with E-state index in [0.29, 0.717) is 11.5 Å². The Morgan fingerprint density at radius 3 is 2.46 bits per heavy atom. The number of nitrogens with one attached hydrogen (secondary N) is 2. The van der Waals surface area contributed by atoms with E-state index in [-0.39, 0.29) is 11.5 Å². The molecule has 6 nitrogen and oxygen atoms in total. The van der Waals surface area contributed by atoms with Gasteiger partial charge in [0, 0.05) is 28.5 Å². The quantitative estimate of drug-likeness (QED) is 0.478. The molecule has 8 heteroatoms. The SMILES string of the molecule is Cc1ccc2c(Nc3ncnc(Nc4ccc(F)c(F)c4)c3N)cccc2n1. The Morgan fingerprint density at radius 2 is 1.68 bits per heavy atom. The number of hydrogen-bond acceptors (Lipinski definition) is 6. The molecule has 140 valence electrons. The predicted octanol–water partition coefficient (Wildman–Crippen LogP) is 4.68. The molecule has 0 saturated carbocycles. The van der Waals surface area contributed by atoms with E-state index in [1.54, 1.807) is 0 Å². The van der Waals surface area contributed by atoms with Gasteiger partial charge in [0.05, 0.1) is 5.52 Å². The monoisotopic (exact) mass is 378 g/mol. The normalized spacial score (nSPS) is 10.8. The van der Waals surface area contributed by atoms with Gasteiger partial charge in [0.2, 0.25) is 0 Å². The molecule has 0 bridgehead atoms. The zero-order chi connectivity index (χ0) is 19.7.